The van der Waals surface area contributed by atoms with Crippen LogP contribution >= 0.6 is 0 Å². The average molecular weight is 347 g/mol. The summed E-state index contributed by atoms with van der Waals surface area (Å²) in [6.45, 7) is -0.0461. The first-order valence-corrected chi connectivity index (χ1v) is 9.40. The minimum Gasteiger partial charge on any atom is -0.395 e. The number of amides is 1. The molecule has 0 saturated heterocycles. The van der Waals surface area contributed by atoms with E-state index in [-0.39, 0.29) is 16.6 Å². The van der Waals surface area contributed by atoms with E-state index in [1.165, 1.54) is 12.1 Å². The van der Waals surface area contributed by atoms with Gasteiger partial charge < -0.3 is 10.4 Å². The van der Waals surface area contributed by atoms with Crippen LogP contribution in [0.25, 0.3) is 0 Å². The zero-order valence-electron chi connectivity index (χ0n) is 13.3. The Hall–Kier alpha value is -2.18. The normalized spacial score (nSPS) is 11.2. The van der Waals surface area contributed by atoms with Gasteiger partial charge in [-0.15, -0.1) is 0 Å². The quantitative estimate of drug-likeness (QED) is 0.761. The predicted octanol–water partition coefficient (Wildman–Crippen LogP) is 1.70. The Bertz CT molecular complexity index is 755. The molecule has 0 aliphatic carbocycles. The lowest BCUT2D eigenvalue weighted by Gasteiger charge is -2.07. The van der Waals surface area contributed by atoms with E-state index in [4.69, 9.17) is 5.11 Å². The van der Waals surface area contributed by atoms with Crippen LogP contribution in [0.15, 0.2) is 59.5 Å². The van der Waals surface area contributed by atoms with Gasteiger partial charge in [-0.1, -0.05) is 42.5 Å². The molecule has 0 atom stereocenters. The summed E-state index contributed by atoms with van der Waals surface area (Å²) in [6.07, 6.45) is 1.10. The van der Waals surface area contributed by atoms with E-state index in [2.05, 4.69) is 5.32 Å². The Kier molecular flexibility index (Phi) is 6.52. The number of sulfone groups is 1. The summed E-state index contributed by atoms with van der Waals surface area (Å²) in [6, 6.07) is 16.1. The molecule has 128 valence electrons. The highest BCUT2D eigenvalue weighted by molar-refractivity contribution is 7.91. The summed E-state index contributed by atoms with van der Waals surface area (Å²) in [5, 5.41) is 11.6. The van der Waals surface area contributed by atoms with Gasteiger partial charge in [-0.05, 0) is 29.7 Å². The van der Waals surface area contributed by atoms with Crippen LogP contribution in [-0.4, -0.2) is 31.8 Å². The van der Waals surface area contributed by atoms with Gasteiger partial charge in [-0.3, -0.25) is 4.79 Å². The standard InChI is InChI=1S/C18H21NO4S/c20-12-13-24(22,23)17-9-6-16(7-10-17)14-19-18(21)11-8-15-4-2-1-3-5-15/h1-7,9-10,20H,8,11-14H2,(H,19,21). The van der Waals surface area contributed by atoms with E-state index in [0.717, 1.165) is 11.1 Å². The van der Waals surface area contributed by atoms with Crippen molar-refractivity contribution >= 4 is 15.7 Å². The Balaban J connectivity index is 1.83. The van der Waals surface area contributed by atoms with Gasteiger partial charge in [0.2, 0.25) is 5.91 Å². The third kappa shape index (κ3) is 5.47. The SMILES string of the molecule is O=C(CCc1ccccc1)NCc1ccc(S(=O)(=O)CCO)cc1. The molecule has 1 amide bonds. The van der Waals surface area contributed by atoms with Crippen LogP contribution in [-0.2, 0) is 27.6 Å². The second kappa shape index (κ2) is 8.61. The Labute approximate surface area is 142 Å². The zero-order chi connectivity index (χ0) is 17.4. The van der Waals surface area contributed by atoms with Crippen molar-refractivity contribution in [3.8, 4) is 0 Å². The molecule has 2 N–H and O–H groups in total. The molecule has 0 unspecified atom stereocenters. The van der Waals surface area contributed by atoms with Crippen LogP contribution in [0.5, 0.6) is 0 Å². The third-order valence-electron chi connectivity index (χ3n) is 3.62. The van der Waals surface area contributed by atoms with E-state index in [1.54, 1.807) is 12.1 Å². The lowest BCUT2D eigenvalue weighted by atomic mass is 10.1. The van der Waals surface area contributed by atoms with Crippen LogP contribution in [0.3, 0.4) is 0 Å². The van der Waals surface area contributed by atoms with E-state index in [1.807, 2.05) is 30.3 Å². The van der Waals surface area contributed by atoms with Crippen molar-refractivity contribution in [1.82, 2.24) is 5.32 Å². The molecule has 6 heteroatoms. The number of nitrogens with one attached hydrogen (secondary N) is 1. The zero-order valence-corrected chi connectivity index (χ0v) is 14.1. The van der Waals surface area contributed by atoms with Crippen molar-refractivity contribution in [1.29, 1.82) is 0 Å². The Morgan fingerprint density at radius 2 is 1.62 bits per heavy atom. The molecule has 0 saturated carbocycles. The van der Waals surface area contributed by atoms with Crippen molar-refractivity contribution in [2.45, 2.75) is 24.3 Å². The number of aliphatic hydroxyl groups excluding tert-OH is 1. The fourth-order valence-electron chi connectivity index (χ4n) is 2.24. The van der Waals surface area contributed by atoms with Crippen molar-refractivity contribution in [3.05, 3.63) is 65.7 Å². The van der Waals surface area contributed by atoms with E-state index < -0.39 is 16.4 Å². The third-order valence-corrected chi connectivity index (χ3v) is 5.33. The highest BCUT2D eigenvalue weighted by atomic mass is 32.2. The first kappa shape index (κ1) is 18.2. The molecule has 2 aromatic carbocycles. The number of rotatable bonds is 8. The molecule has 0 fully saturated rings. The number of carbonyl (C=O) groups excluding carboxylic acids is 1. The smallest absolute Gasteiger partial charge is 0.220 e. The molecule has 0 aliphatic heterocycles. The highest BCUT2D eigenvalue weighted by Gasteiger charge is 2.13. The molecule has 5 nitrogen and oxygen atoms in total. The van der Waals surface area contributed by atoms with Crippen molar-refractivity contribution in [2.75, 3.05) is 12.4 Å². The summed E-state index contributed by atoms with van der Waals surface area (Å²) in [5.41, 5.74) is 1.94. The molecule has 0 heterocycles. The van der Waals surface area contributed by atoms with Gasteiger partial charge >= 0.3 is 0 Å². The largest absolute Gasteiger partial charge is 0.395 e. The lowest BCUT2D eigenvalue weighted by Crippen LogP contribution is -2.23. The molecule has 0 aromatic heterocycles. The van der Waals surface area contributed by atoms with Gasteiger partial charge in [-0.25, -0.2) is 8.42 Å². The number of hydrogen-bond donors (Lipinski definition) is 2. The Morgan fingerprint density at radius 1 is 0.958 bits per heavy atom. The summed E-state index contributed by atoms with van der Waals surface area (Å²) in [7, 11) is -3.43. The number of aryl methyl sites for hydroxylation is 1. The average Bonchev–Trinajstić information content (AvgIpc) is 2.59. The number of aliphatic hydroxyl groups is 1. The maximum Gasteiger partial charge on any atom is 0.220 e. The van der Waals surface area contributed by atoms with Crippen molar-refractivity contribution in [3.63, 3.8) is 0 Å². The van der Waals surface area contributed by atoms with E-state index >= 15 is 0 Å². The summed E-state index contributed by atoms with van der Waals surface area (Å²) < 4.78 is 23.6. The molecule has 0 radical (unpaired) electrons. The number of hydrogen-bond acceptors (Lipinski definition) is 4. The molecule has 0 spiro atoms. The maximum absolute atomic E-state index is 11.9. The van der Waals surface area contributed by atoms with Crippen LogP contribution in [0.2, 0.25) is 0 Å². The molecular formula is C18H21NO4S. The maximum atomic E-state index is 11.9. The molecule has 0 bridgehead atoms. The molecule has 24 heavy (non-hydrogen) atoms. The topological polar surface area (TPSA) is 83.5 Å². The van der Waals surface area contributed by atoms with E-state index in [0.29, 0.717) is 19.4 Å². The van der Waals surface area contributed by atoms with Crippen LogP contribution in [0.1, 0.15) is 17.5 Å². The predicted molar refractivity (Wildman–Crippen MR) is 92.2 cm³/mol. The second-order valence-electron chi connectivity index (χ2n) is 5.45. The first-order chi connectivity index (χ1) is 11.5. The fourth-order valence-corrected chi connectivity index (χ4v) is 3.27. The monoisotopic (exact) mass is 347 g/mol. The molecule has 2 rings (SSSR count). The molecule has 2 aromatic rings. The Morgan fingerprint density at radius 3 is 2.25 bits per heavy atom. The summed E-state index contributed by atoms with van der Waals surface area (Å²) >= 11 is 0. The van der Waals surface area contributed by atoms with Gasteiger partial charge in [0, 0.05) is 13.0 Å². The van der Waals surface area contributed by atoms with Crippen LogP contribution in [0.4, 0.5) is 0 Å². The lowest BCUT2D eigenvalue weighted by molar-refractivity contribution is -0.121. The van der Waals surface area contributed by atoms with Crippen LogP contribution < -0.4 is 5.32 Å². The summed E-state index contributed by atoms with van der Waals surface area (Å²) in [5.74, 6) is -0.335. The first-order valence-electron chi connectivity index (χ1n) is 7.74. The van der Waals surface area contributed by atoms with Gasteiger partial charge in [0.1, 0.15) is 0 Å². The van der Waals surface area contributed by atoms with Crippen molar-refractivity contribution in [2.24, 2.45) is 0 Å². The van der Waals surface area contributed by atoms with E-state index in [9.17, 15) is 13.2 Å². The minimum absolute atomic E-state index is 0.0455. The summed E-state index contributed by atoms with van der Waals surface area (Å²) in [4.78, 5) is 12.0. The minimum atomic E-state index is -3.43. The fraction of sp³-hybridized carbons (Fsp3) is 0.278. The van der Waals surface area contributed by atoms with Gasteiger partial charge in [0.25, 0.3) is 0 Å². The molecular weight excluding hydrogens is 326 g/mol. The second-order valence-corrected chi connectivity index (χ2v) is 7.56. The number of benzene rings is 2. The van der Waals surface area contributed by atoms with Gasteiger partial charge in [0.05, 0.1) is 17.3 Å². The van der Waals surface area contributed by atoms with Gasteiger partial charge in [-0.2, -0.15) is 0 Å². The van der Waals surface area contributed by atoms with Crippen LogP contribution in [0, 0.1) is 0 Å². The number of carbonyl (C=O) groups is 1. The van der Waals surface area contributed by atoms with Gasteiger partial charge in [0.15, 0.2) is 9.84 Å². The molecule has 0 aliphatic rings. The highest BCUT2D eigenvalue weighted by Crippen LogP contribution is 2.12. The van der Waals surface area contributed by atoms with Crippen molar-refractivity contribution < 1.29 is 18.3 Å².